The van der Waals surface area contributed by atoms with Crippen LogP contribution in [0, 0.1) is 0 Å². The van der Waals surface area contributed by atoms with Crippen LogP contribution in [-0.4, -0.2) is 28.6 Å². The number of carbonyl (C=O) groups is 1. The van der Waals surface area contributed by atoms with Gasteiger partial charge in [0.05, 0.1) is 12.4 Å². The third kappa shape index (κ3) is 2.04. The van der Waals surface area contributed by atoms with E-state index in [0.717, 1.165) is 13.0 Å². The molecular weight excluding hydrogens is 182 g/mol. The first kappa shape index (κ1) is 9.04. The largest absolute Gasteiger partial charge is 0.334 e. The minimum atomic E-state index is -0.209. The van der Waals surface area contributed by atoms with Gasteiger partial charge in [-0.2, -0.15) is 0 Å². The van der Waals surface area contributed by atoms with E-state index in [1.165, 1.54) is 18.6 Å². The fourth-order valence-corrected chi connectivity index (χ4v) is 1.24. The van der Waals surface area contributed by atoms with Gasteiger partial charge < -0.3 is 5.32 Å². The molecule has 1 aliphatic rings. The van der Waals surface area contributed by atoms with E-state index in [9.17, 15) is 4.79 Å². The summed E-state index contributed by atoms with van der Waals surface area (Å²) in [6.45, 7) is 0.853. The Bertz CT molecular complexity index is 309. The van der Waals surface area contributed by atoms with Crippen molar-refractivity contribution in [3.05, 3.63) is 24.3 Å². The average Bonchev–Trinajstić information content (AvgIpc) is 2.72. The maximum absolute atomic E-state index is 11.5. The number of hydrogen-bond acceptors (Lipinski definition) is 5. The van der Waals surface area contributed by atoms with Gasteiger partial charge in [0.2, 0.25) is 0 Å². The Hall–Kier alpha value is -1.53. The predicted octanol–water partition coefficient (Wildman–Crippen LogP) is -0.970. The molecule has 1 aromatic rings. The molecule has 0 aromatic carbocycles. The smallest absolute Gasteiger partial charge is 0.272 e. The number of rotatable bonds is 2. The fraction of sp³-hybridized carbons (Fsp3) is 0.375. The van der Waals surface area contributed by atoms with E-state index in [1.54, 1.807) is 0 Å². The molecule has 6 heteroatoms. The Morgan fingerprint density at radius 1 is 1.57 bits per heavy atom. The second-order valence-electron chi connectivity index (χ2n) is 2.98. The standard InChI is InChI=1S/C8H11N5O/c14-8(6-5-9-3-4-10-6)12-7-1-2-11-13-7/h3-5,7,11,13H,1-2H2,(H,12,14). The molecule has 0 aliphatic carbocycles. The predicted molar refractivity (Wildman–Crippen MR) is 49.0 cm³/mol. The van der Waals surface area contributed by atoms with Crippen LogP contribution in [0.1, 0.15) is 16.9 Å². The molecule has 1 amide bonds. The number of carbonyl (C=O) groups excluding carboxylic acids is 1. The molecule has 3 N–H and O–H groups in total. The van der Waals surface area contributed by atoms with Crippen LogP contribution in [0.4, 0.5) is 0 Å². The van der Waals surface area contributed by atoms with E-state index in [2.05, 4.69) is 26.1 Å². The van der Waals surface area contributed by atoms with E-state index in [-0.39, 0.29) is 12.1 Å². The summed E-state index contributed by atoms with van der Waals surface area (Å²) in [5, 5.41) is 2.78. The lowest BCUT2D eigenvalue weighted by Gasteiger charge is -2.10. The average molecular weight is 193 g/mol. The Labute approximate surface area is 81.1 Å². The first-order valence-corrected chi connectivity index (χ1v) is 4.41. The van der Waals surface area contributed by atoms with Gasteiger partial charge in [-0.05, 0) is 6.42 Å². The summed E-state index contributed by atoms with van der Waals surface area (Å²) in [6, 6.07) is 0. The second-order valence-corrected chi connectivity index (χ2v) is 2.98. The summed E-state index contributed by atoms with van der Waals surface area (Å²) in [6.07, 6.45) is 5.31. The molecule has 1 atom stereocenters. The summed E-state index contributed by atoms with van der Waals surface area (Å²) in [5.74, 6) is -0.209. The highest BCUT2D eigenvalue weighted by atomic mass is 16.2. The monoisotopic (exact) mass is 193 g/mol. The third-order valence-electron chi connectivity index (χ3n) is 1.94. The van der Waals surface area contributed by atoms with Crippen molar-refractivity contribution in [2.45, 2.75) is 12.6 Å². The zero-order chi connectivity index (χ0) is 9.80. The molecule has 2 heterocycles. The van der Waals surface area contributed by atoms with Crippen LogP contribution >= 0.6 is 0 Å². The number of amides is 1. The molecule has 6 nitrogen and oxygen atoms in total. The van der Waals surface area contributed by atoms with Gasteiger partial charge >= 0.3 is 0 Å². The molecule has 1 aliphatic heterocycles. The SMILES string of the molecule is O=C(NC1CCNN1)c1cnccn1. The molecule has 1 saturated heterocycles. The number of nitrogens with zero attached hydrogens (tertiary/aromatic N) is 2. The Balaban J connectivity index is 1.95. The number of hydrogen-bond donors (Lipinski definition) is 3. The fourth-order valence-electron chi connectivity index (χ4n) is 1.24. The van der Waals surface area contributed by atoms with Gasteiger partial charge in [0.15, 0.2) is 0 Å². The van der Waals surface area contributed by atoms with E-state index in [1.807, 2.05) is 0 Å². The van der Waals surface area contributed by atoms with Crippen LogP contribution in [0.15, 0.2) is 18.6 Å². The van der Waals surface area contributed by atoms with E-state index < -0.39 is 0 Å². The topological polar surface area (TPSA) is 78.9 Å². The van der Waals surface area contributed by atoms with Gasteiger partial charge in [0.25, 0.3) is 5.91 Å². The van der Waals surface area contributed by atoms with Gasteiger partial charge in [0, 0.05) is 18.9 Å². The molecule has 0 bridgehead atoms. The van der Waals surface area contributed by atoms with Gasteiger partial charge in [-0.25, -0.2) is 10.4 Å². The quantitative estimate of drug-likeness (QED) is 0.563. The van der Waals surface area contributed by atoms with Crippen molar-refractivity contribution >= 4 is 5.91 Å². The normalized spacial score (nSPS) is 20.7. The van der Waals surface area contributed by atoms with Crippen LogP contribution in [-0.2, 0) is 0 Å². The molecule has 0 radical (unpaired) electrons. The Morgan fingerprint density at radius 2 is 2.50 bits per heavy atom. The molecule has 1 unspecified atom stereocenters. The highest BCUT2D eigenvalue weighted by Crippen LogP contribution is 1.95. The zero-order valence-corrected chi connectivity index (χ0v) is 7.53. The van der Waals surface area contributed by atoms with Crippen molar-refractivity contribution in [2.24, 2.45) is 0 Å². The molecule has 74 valence electrons. The van der Waals surface area contributed by atoms with Gasteiger partial charge in [-0.3, -0.25) is 15.2 Å². The van der Waals surface area contributed by atoms with Gasteiger partial charge in [0.1, 0.15) is 5.69 Å². The summed E-state index contributed by atoms with van der Waals surface area (Å²) in [4.78, 5) is 19.2. The highest BCUT2D eigenvalue weighted by molar-refractivity contribution is 5.92. The van der Waals surface area contributed by atoms with Crippen molar-refractivity contribution in [3.63, 3.8) is 0 Å². The lowest BCUT2D eigenvalue weighted by Crippen LogP contribution is -2.44. The van der Waals surface area contributed by atoms with Crippen molar-refractivity contribution < 1.29 is 4.79 Å². The molecule has 14 heavy (non-hydrogen) atoms. The summed E-state index contributed by atoms with van der Waals surface area (Å²) < 4.78 is 0. The summed E-state index contributed by atoms with van der Waals surface area (Å²) in [7, 11) is 0. The highest BCUT2D eigenvalue weighted by Gasteiger charge is 2.17. The van der Waals surface area contributed by atoms with Crippen LogP contribution in [0.5, 0.6) is 0 Å². The Kier molecular flexibility index (Phi) is 2.66. The molecule has 1 aromatic heterocycles. The molecule has 0 spiro atoms. The first-order chi connectivity index (χ1) is 6.86. The van der Waals surface area contributed by atoms with Crippen molar-refractivity contribution in [1.29, 1.82) is 0 Å². The molecule has 0 saturated carbocycles. The molecule has 1 fully saturated rings. The van der Waals surface area contributed by atoms with E-state index in [0.29, 0.717) is 5.69 Å². The van der Waals surface area contributed by atoms with Crippen LogP contribution < -0.4 is 16.2 Å². The third-order valence-corrected chi connectivity index (χ3v) is 1.94. The molecular formula is C8H11N5O. The number of hydrazine groups is 1. The first-order valence-electron chi connectivity index (χ1n) is 4.41. The second kappa shape index (κ2) is 4.12. The maximum Gasteiger partial charge on any atom is 0.272 e. The van der Waals surface area contributed by atoms with Crippen LogP contribution in [0.3, 0.4) is 0 Å². The van der Waals surface area contributed by atoms with Crippen molar-refractivity contribution in [3.8, 4) is 0 Å². The zero-order valence-electron chi connectivity index (χ0n) is 7.53. The number of nitrogens with one attached hydrogen (secondary N) is 3. The lowest BCUT2D eigenvalue weighted by atomic mass is 10.3. The van der Waals surface area contributed by atoms with E-state index >= 15 is 0 Å². The lowest BCUT2D eigenvalue weighted by molar-refractivity contribution is 0.0927. The van der Waals surface area contributed by atoms with Crippen molar-refractivity contribution in [1.82, 2.24) is 26.1 Å². The van der Waals surface area contributed by atoms with E-state index in [4.69, 9.17) is 0 Å². The van der Waals surface area contributed by atoms with Crippen molar-refractivity contribution in [2.75, 3.05) is 6.54 Å². The van der Waals surface area contributed by atoms with Gasteiger partial charge in [-0.1, -0.05) is 0 Å². The van der Waals surface area contributed by atoms with Gasteiger partial charge in [-0.15, -0.1) is 0 Å². The molecule has 2 rings (SSSR count). The minimum Gasteiger partial charge on any atom is -0.334 e. The van der Waals surface area contributed by atoms with Crippen LogP contribution in [0.2, 0.25) is 0 Å². The summed E-state index contributed by atoms with van der Waals surface area (Å²) in [5.41, 5.74) is 6.19. The number of aromatic nitrogens is 2. The minimum absolute atomic E-state index is 0.0236. The van der Waals surface area contributed by atoms with Crippen LogP contribution in [0.25, 0.3) is 0 Å². The Morgan fingerprint density at radius 3 is 3.14 bits per heavy atom. The maximum atomic E-state index is 11.5. The summed E-state index contributed by atoms with van der Waals surface area (Å²) >= 11 is 0.